The molecular formula is C13H24N4O2. The van der Waals surface area contributed by atoms with E-state index in [-0.39, 0.29) is 11.9 Å². The number of rotatable bonds is 4. The first kappa shape index (κ1) is 14.3. The Labute approximate surface area is 114 Å². The van der Waals surface area contributed by atoms with Gasteiger partial charge in [0.05, 0.1) is 6.54 Å². The number of amides is 3. The van der Waals surface area contributed by atoms with Crippen molar-refractivity contribution < 1.29 is 9.59 Å². The third-order valence-corrected chi connectivity index (χ3v) is 4.27. The van der Waals surface area contributed by atoms with Crippen LogP contribution in [0.25, 0.3) is 0 Å². The van der Waals surface area contributed by atoms with E-state index < -0.39 is 0 Å². The Bertz CT molecular complexity index is 340. The molecule has 108 valence electrons. The smallest absolute Gasteiger partial charge is 0.324 e. The Morgan fingerprint density at radius 3 is 2.63 bits per heavy atom. The molecule has 1 heterocycles. The van der Waals surface area contributed by atoms with Crippen molar-refractivity contribution in [3.05, 3.63) is 0 Å². The summed E-state index contributed by atoms with van der Waals surface area (Å²) in [7, 11) is 3.99. The van der Waals surface area contributed by atoms with Crippen molar-refractivity contribution >= 4 is 11.9 Å². The van der Waals surface area contributed by atoms with Gasteiger partial charge in [0, 0.05) is 25.2 Å². The van der Waals surface area contributed by atoms with Crippen LogP contribution in [0.3, 0.4) is 0 Å². The van der Waals surface area contributed by atoms with Crippen molar-refractivity contribution in [3.8, 4) is 0 Å². The number of urea groups is 1. The van der Waals surface area contributed by atoms with E-state index in [1.54, 1.807) is 0 Å². The summed E-state index contributed by atoms with van der Waals surface area (Å²) < 4.78 is 0. The summed E-state index contributed by atoms with van der Waals surface area (Å²) in [4.78, 5) is 26.9. The van der Waals surface area contributed by atoms with E-state index in [4.69, 9.17) is 0 Å². The summed E-state index contributed by atoms with van der Waals surface area (Å²) in [5.41, 5.74) is 0. The molecule has 2 aliphatic rings. The molecular weight excluding hydrogens is 244 g/mol. The van der Waals surface area contributed by atoms with Gasteiger partial charge in [-0.05, 0) is 39.8 Å². The second-order valence-corrected chi connectivity index (χ2v) is 5.49. The summed E-state index contributed by atoms with van der Waals surface area (Å²) in [6.45, 7) is 1.40. The van der Waals surface area contributed by atoms with Crippen LogP contribution >= 0.6 is 0 Å². The highest BCUT2D eigenvalue weighted by atomic mass is 16.2. The van der Waals surface area contributed by atoms with Crippen molar-refractivity contribution in [2.75, 3.05) is 33.7 Å². The molecule has 0 aromatic carbocycles. The molecule has 19 heavy (non-hydrogen) atoms. The quantitative estimate of drug-likeness (QED) is 0.753. The number of nitrogens with zero attached hydrogens (tertiary/aromatic N) is 2. The minimum atomic E-state index is -0.253. The average Bonchev–Trinajstić information content (AvgIpc) is 2.85. The molecule has 2 rings (SSSR count). The second-order valence-electron chi connectivity index (χ2n) is 5.49. The van der Waals surface area contributed by atoms with Crippen LogP contribution in [-0.2, 0) is 4.79 Å². The van der Waals surface area contributed by atoms with Crippen molar-refractivity contribution in [3.63, 3.8) is 0 Å². The molecule has 0 unspecified atom stereocenters. The van der Waals surface area contributed by atoms with Crippen LogP contribution in [0.1, 0.15) is 25.7 Å². The maximum absolute atomic E-state index is 12.0. The third kappa shape index (κ3) is 3.45. The topological polar surface area (TPSA) is 64.7 Å². The van der Waals surface area contributed by atoms with Gasteiger partial charge in [0.1, 0.15) is 0 Å². The van der Waals surface area contributed by atoms with Crippen LogP contribution in [0, 0.1) is 0 Å². The predicted molar refractivity (Wildman–Crippen MR) is 72.8 cm³/mol. The fraction of sp³-hybridized carbons (Fsp3) is 0.846. The number of likely N-dealkylation sites (N-methyl/N-ethyl adjacent to an activating group) is 1. The van der Waals surface area contributed by atoms with Crippen molar-refractivity contribution in [1.29, 1.82) is 0 Å². The minimum Gasteiger partial charge on any atom is -0.336 e. The van der Waals surface area contributed by atoms with Gasteiger partial charge in [-0.3, -0.25) is 14.6 Å². The Balaban J connectivity index is 1.79. The van der Waals surface area contributed by atoms with E-state index in [9.17, 15) is 9.59 Å². The Hall–Kier alpha value is -1.14. The molecule has 1 aliphatic carbocycles. The summed E-state index contributed by atoms with van der Waals surface area (Å²) in [5, 5.41) is 5.96. The van der Waals surface area contributed by atoms with Gasteiger partial charge < -0.3 is 10.6 Å². The highest BCUT2D eigenvalue weighted by molar-refractivity contribution is 5.96. The van der Waals surface area contributed by atoms with E-state index >= 15 is 0 Å². The van der Waals surface area contributed by atoms with E-state index in [2.05, 4.69) is 15.5 Å². The van der Waals surface area contributed by atoms with Crippen molar-refractivity contribution in [2.24, 2.45) is 0 Å². The Morgan fingerprint density at radius 2 is 2.11 bits per heavy atom. The van der Waals surface area contributed by atoms with Gasteiger partial charge in [-0.25, -0.2) is 4.79 Å². The lowest BCUT2D eigenvalue weighted by molar-refractivity contribution is -0.129. The molecule has 0 spiro atoms. The summed E-state index contributed by atoms with van der Waals surface area (Å²) in [5.74, 6) is -0.0896. The van der Waals surface area contributed by atoms with Gasteiger partial charge >= 0.3 is 6.03 Å². The predicted octanol–water partition coefficient (Wildman–Crippen LogP) is 0.000600. The zero-order valence-electron chi connectivity index (χ0n) is 11.8. The van der Waals surface area contributed by atoms with Gasteiger partial charge in [0.15, 0.2) is 0 Å². The highest BCUT2D eigenvalue weighted by Crippen LogP contribution is 2.22. The van der Waals surface area contributed by atoms with Crippen LogP contribution < -0.4 is 10.6 Å². The summed E-state index contributed by atoms with van der Waals surface area (Å²) >= 11 is 0. The standard InChI is InChI=1S/C13H24N4O2/c1-14-10-3-5-11(6-4-10)16(2)9-12(18)17-8-7-15-13(17)19/h10-11,14H,3-9H2,1-2H3,(H,15,19). The van der Waals surface area contributed by atoms with Crippen LogP contribution in [0.4, 0.5) is 4.79 Å². The molecule has 2 N–H and O–H groups in total. The van der Waals surface area contributed by atoms with E-state index in [0.29, 0.717) is 31.7 Å². The number of carbonyl (C=O) groups is 2. The molecule has 1 aliphatic heterocycles. The molecule has 0 bridgehead atoms. The molecule has 0 atom stereocenters. The van der Waals surface area contributed by atoms with Crippen molar-refractivity contribution in [1.82, 2.24) is 20.4 Å². The molecule has 3 amide bonds. The first-order chi connectivity index (χ1) is 9.11. The van der Waals surface area contributed by atoms with Crippen LogP contribution in [-0.4, -0.2) is 67.6 Å². The van der Waals surface area contributed by atoms with Gasteiger partial charge in [-0.15, -0.1) is 0 Å². The molecule has 6 nitrogen and oxygen atoms in total. The summed E-state index contributed by atoms with van der Waals surface area (Å²) in [6, 6.07) is 0.821. The maximum atomic E-state index is 12.0. The molecule has 0 aromatic rings. The molecule has 2 fully saturated rings. The molecule has 0 radical (unpaired) electrons. The fourth-order valence-corrected chi connectivity index (χ4v) is 2.94. The van der Waals surface area contributed by atoms with E-state index in [1.807, 2.05) is 14.1 Å². The first-order valence-electron chi connectivity index (χ1n) is 7.07. The maximum Gasteiger partial charge on any atom is 0.324 e. The van der Waals surface area contributed by atoms with Crippen LogP contribution in [0.5, 0.6) is 0 Å². The van der Waals surface area contributed by atoms with Crippen molar-refractivity contribution in [2.45, 2.75) is 37.8 Å². The van der Waals surface area contributed by atoms with Gasteiger partial charge in [-0.1, -0.05) is 0 Å². The van der Waals surface area contributed by atoms with Crippen LogP contribution in [0.2, 0.25) is 0 Å². The Kier molecular flexibility index (Phi) is 4.76. The van der Waals surface area contributed by atoms with E-state index in [1.165, 1.54) is 4.90 Å². The van der Waals surface area contributed by atoms with E-state index in [0.717, 1.165) is 25.7 Å². The van der Waals surface area contributed by atoms with Gasteiger partial charge in [0.25, 0.3) is 0 Å². The molecule has 1 saturated heterocycles. The minimum absolute atomic E-state index is 0.0896. The number of carbonyl (C=O) groups excluding carboxylic acids is 2. The molecule has 1 saturated carbocycles. The SMILES string of the molecule is CNC1CCC(N(C)CC(=O)N2CCNC2=O)CC1. The largest absolute Gasteiger partial charge is 0.336 e. The first-order valence-corrected chi connectivity index (χ1v) is 7.07. The lowest BCUT2D eigenvalue weighted by atomic mass is 9.90. The molecule has 6 heteroatoms. The number of hydrogen-bond donors (Lipinski definition) is 2. The lowest BCUT2D eigenvalue weighted by Crippen LogP contribution is -2.46. The van der Waals surface area contributed by atoms with Crippen LogP contribution in [0.15, 0.2) is 0 Å². The lowest BCUT2D eigenvalue weighted by Gasteiger charge is -2.34. The fourth-order valence-electron chi connectivity index (χ4n) is 2.94. The zero-order valence-corrected chi connectivity index (χ0v) is 11.8. The number of hydrogen-bond acceptors (Lipinski definition) is 4. The summed E-state index contributed by atoms with van der Waals surface area (Å²) in [6.07, 6.45) is 4.54. The zero-order chi connectivity index (χ0) is 13.8. The molecule has 0 aromatic heterocycles. The third-order valence-electron chi connectivity index (χ3n) is 4.27. The van der Waals surface area contributed by atoms with Gasteiger partial charge in [-0.2, -0.15) is 0 Å². The average molecular weight is 268 g/mol. The highest BCUT2D eigenvalue weighted by Gasteiger charge is 2.29. The Morgan fingerprint density at radius 1 is 1.42 bits per heavy atom. The number of nitrogens with one attached hydrogen (secondary N) is 2. The second kappa shape index (κ2) is 6.34. The monoisotopic (exact) mass is 268 g/mol. The van der Waals surface area contributed by atoms with Gasteiger partial charge in [0.2, 0.25) is 5.91 Å². The normalized spacial score (nSPS) is 27.7. The number of imide groups is 1.